The van der Waals surface area contributed by atoms with Gasteiger partial charge in [0.15, 0.2) is 0 Å². The maximum Gasteiger partial charge on any atom is 0.336 e. The number of esters is 1. The average molecular weight is 357 g/mol. The maximum atomic E-state index is 12.1. The smallest absolute Gasteiger partial charge is 0.336 e. The Kier molecular flexibility index (Phi) is 16.0. The van der Waals surface area contributed by atoms with E-state index in [2.05, 4.69) is 6.92 Å². The monoisotopic (exact) mass is 356 g/mol. The second-order valence-electron chi connectivity index (χ2n) is 7.00. The SMILES string of the molecule is CCCCCCC(C)=C(C(=O)OC)C(O)CCCCCCCCCO. The fourth-order valence-electron chi connectivity index (χ4n) is 3.13. The third-order valence-electron chi connectivity index (χ3n) is 4.74. The van der Waals surface area contributed by atoms with E-state index in [4.69, 9.17) is 9.84 Å². The highest BCUT2D eigenvalue weighted by atomic mass is 16.5. The first-order valence-corrected chi connectivity index (χ1v) is 10.1. The number of hydrogen-bond donors (Lipinski definition) is 2. The molecule has 0 radical (unpaired) electrons. The Morgan fingerprint density at radius 3 is 2.04 bits per heavy atom. The van der Waals surface area contributed by atoms with Crippen LogP contribution in [0.15, 0.2) is 11.1 Å². The lowest BCUT2D eigenvalue weighted by Crippen LogP contribution is -2.21. The van der Waals surface area contributed by atoms with Gasteiger partial charge in [0.1, 0.15) is 0 Å². The molecule has 25 heavy (non-hydrogen) atoms. The Labute approximate surface area is 154 Å². The van der Waals surface area contributed by atoms with Crippen LogP contribution in [0, 0.1) is 0 Å². The van der Waals surface area contributed by atoms with E-state index >= 15 is 0 Å². The molecule has 148 valence electrons. The molecule has 0 bridgehead atoms. The fourth-order valence-corrected chi connectivity index (χ4v) is 3.13. The van der Waals surface area contributed by atoms with Crippen molar-refractivity contribution in [1.29, 1.82) is 0 Å². The van der Waals surface area contributed by atoms with E-state index in [1.807, 2.05) is 6.92 Å². The Bertz CT molecular complexity index is 363. The van der Waals surface area contributed by atoms with Crippen LogP contribution in [0.1, 0.15) is 97.3 Å². The van der Waals surface area contributed by atoms with Gasteiger partial charge in [0.05, 0.1) is 18.8 Å². The summed E-state index contributed by atoms with van der Waals surface area (Å²) in [5.74, 6) is -0.385. The molecular weight excluding hydrogens is 316 g/mol. The minimum absolute atomic E-state index is 0.284. The zero-order valence-electron chi connectivity index (χ0n) is 16.7. The number of unbranched alkanes of at least 4 members (excludes halogenated alkanes) is 9. The van der Waals surface area contributed by atoms with Gasteiger partial charge in [0.2, 0.25) is 0 Å². The van der Waals surface area contributed by atoms with Crippen LogP contribution in [-0.4, -0.2) is 36.0 Å². The molecule has 1 unspecified atom stereocenters. The van der Waals surface area contributed by atoms with Gasteiger partial charge in [-0.1, -0.05) is 70.3 Å². The van der Waals surface area contributed by atoms with Crippen molar-refractivity contribution in [3.63, 3.8) is 0 Å². The molecule has 4 heteroatoms. The van der Waals surface area contributed by atoms with Crippen LogP contribution in [0.5, 0.6) is 0 Å². The molecule has 0 aromatic heterocycles. The number of allylic oxidation sites excluding steroid dienone is 1. The van der Waals surface area contributed by atoms with Gasteiger partial charge in [-0.3, -0.25) is 0 Å². The van der Waals surface area contributed by atoms with Crippen molar-refractivity contribution in [3.8, 4) is 0 Å². The van der Waals surface area contributed by atoms with Gasteiger partial charge in [-0.05, 0) is 32.6 Å². The molecule has 0 aromatic carbocycles. The van der Waals surface area contributed by atoms with Crippen LogP contribution < -0.4 is 0 Å². The number of rotatable bonds is 16. The van der Waals surface area contributed by atoms with Crippen molar-refractivity contribution in [2.45, 2.75) is 103 Å². The first-order chi connectivity index (χ1) is 12.1. The summed E-state index contributed by atoms with van der Waals surface area (Å²) in [5.41, 5.74) is 1.45. The lowest BCUT2D eigenvalue weighted by molar-refractivity contribution is -0.137. The van der Waals surface area contributed by atoms with E-state index in [1.54, 1.807) is 0 Å². The molecule has 1 atom stereocenters. The van der Waals surface area contributed by atoms with E-state index < -0.39 is 6.10 Å². The molecule has 0 aromatic rings. The third kappa shape index (κ3) is 12.2. The Morgan fingerprint density at radius 1 is 0.920 bits per heavy atom. The number of hydrogen-bond acceptors (Lipinski definition) is 4. The minimum atomic E-state index is -0.715. The van der Waals surface area contributed by atoms with Crippen molar-refractivity contribution < 1.29 is 19.7 Å². The van der Waals surface area contributed by atoms with Crippen molar-refractivity contribution >= 4 is 5.97 Å². The molecule has 0 spiro atoms. The first kappa shape index (κ1) is 24.1. The Balaban J connectivity index is 4.26. The zero-order chi connectivity index (χ0) is 18.9. The van der Waals surface area contributed by atoms with E-state index in [9.17, 15) is 9.90 Å². The van der Waals surface area contributed by atoms with Crippen LogP contribution in [-0.2, 0) is 9.53 Å². The van der Waals surface area contributed by atoms with Crippen LogP contribution in [0.25, 0.3) is 0 Å². The molecule has 0 aliphatic carbocycles. The van der Waals surface area contributed by atoms with Crippen molar-refractivity contribution in [1.82, 2.24) is 0 Å². The van der Waals surface area contributed by atoms with Crippen LogP contribution in [0.4, 0.5) is 0 Å². The molecular formula is C21H40O4. The predicted molar refractivity (Wildman–Crippen MR) is 104 cm³/mol. The second kappa shape index (κ2) is 16.6. The first-order valence-electron chi connectivity index (χ1n) is 10.1. The summed E-state index contributed by atoms with van der Waals surface area (Å²) in [4.78, 5) is 12.1. The van der Waals surface area contributed by atoms with E-state index in [1.165, 1.54) is 26.4 Å². The second-order valence-corrected chi connectivity index (χ2v) is 7.00. The number of methoxy groups -OCH3 is 1. The molecule has 0 amide bonds. The summed E-state index contributed by atoms with van der Waals surface area (Å²) in [7, 11) is 1.38. The third-order valence-corrected chi connectivity index (χ3v) is 4.74. The molecule has 4 nitrogen and oxygen atoms in total. The summed E-state index contributed by atoms with van der Waals surface area (Å²) in [5, 5.41) is 19.2. The Morgan fingerprint density at radius 2 is 1.48 bits per heavy atom. The fraction of sp³-hybridized carbons (Fsp3) is 0.857. The van der Waals surface area contributed by atoms with Gasteiger partial charge in [-0.25, -0.2) is 4.79 Å². The standard InChI is InChI=1S/C21H40O4/c1-4-5-6-12-15-18(2)20(21(24)25-3)19(23)16-13-10-8-7-9-11-14-17-22/h19,22-23H,4-17H2,1-3H3. The quantitative estimate of drug-likeness (QED) is 0.234. The van der Waals surface area contributed by atoms with Crippen LogP contribution >= 0.6 is 0 Å². The predicted octanol–water partition coefficient (Wildman–Crippen LogP) is 4.92. The molecule has 0 aliphatic rings. The number of aliphatic hydroxyl groups is 2. The topological polar surface area (TPSA) is 66.8 Å². The summed E-state index contributed by atoms with van der Waals surface area (Å²) in [6.07, 6.45) is 12.8. The molecule has 0 saturated carbocycles. The summed E-state index contributed by atoms with van der Waals surface area (Å²) >= 11 is 0. The van der Waals surface area contributed by atoms with Crippen molar-refractivity contribution in [2.24, 2.45) is 0 Å². The number of carbonyl (C=O) groups is 1. The highest BCUT2D eigenvalue weighted by molar-refractivity contribution is 5.90. The number of aliphatic hydroxyl groups excluding tert-OH is 2. The zero-order valence-corrected chi connectivity index (χ0v) is 16.7. The van der Waals surface area contributed by atoms with Gasteiger partial charge in [-0.2, -0.15) is 0 Å². The number of ether oxygens (including phenoxy) is 1. The van der Waals surface area contributed by atoms with Crippen molar-refractivity contribution in [3.05, 3.63) is 11.1 Å². The van der Waals surface area contributed by atoms with Gasteiger partial charge >= 0.3 is 5.97 Å². The molecule has 2 N–H and O–H groups in total. The van der Waals surface area contributed by atoms with Crippen molar-refractivity contribution in [2.75, 3.05) is 13.7 Å². The molecule has 0 aliphatic heterocycles. The Hall–Kier alpha value is -0.870. The minimum Gasteiger partial charge on any atom is -0.466 e. The lowest BCUT2D eigenvalue weighted by Gasteiger charge is -2.17. The van der Waals surface area contributed by atoms with Crippen LogP contribution in [0.3, 0.4) is 0 Å². The summed E-state index contributed by atoms with van der Waals surface area (Å²) < 4.78 is 4.89. The molecule has 0 saturated heterocycles. The molecule has 0 fully saturated rings. The highest BCUT2D eigenvalue weighted by Crippen LogP contribution is 2.21. The molecule has 0 heterocycles. The molecule has 0 rings (SSSR count). The average Bonchev–Trinajstić information content (AvgIpc) is 2.61. The van der Waals surface area contributed by atoms with E-state index in [-0.39, 0.29) is 12.6 Å². The largest absolute Gasteiger partial charge is 0.466 e. The summed E-state index contributed by atoms with van der Waals surface area (Å²) in [6.45, 7) is 4.41. The highest BCUT2D eigenvalue weighted by Gasteiger charge is 2.21. The maximum absolute atomic E-state index is 12.1. The summed E-state index contributed by atoms with van der Waals surface area (Å²) in [6, 6.07) is 0. The van der Waals surface area contributed by atoms with Gasteiger partial charge in [-0.15, -0.1) is 0 Å². The normalized spacial score (nSPS) is 13.5. The van der Waals surface area contributed by atoms with Gasteiger partial charge < -0.3 is 14.9 Å². The van der Waals surface area contributed by atoms with Gasteiger partial charge in [0.25, 0.3) is 0 Å². The van der Waals surface area contributed by atoms with Gasteiger partial charge in [0, 0.05) is 6.61 Å². The van der Waals surface area contributed by atoms with Crippen LogP contribution in [0.2, 0.25) is 0 Å². The lowest BCUT2D eigenvalue weighted by atomic mass is 9.95. The number of carbonyl (C=O) groups excluding carboxylic acids is 1. The van der Waals surface area contributed by atoms with E-state index in [0.29, 0.717) is 12.0 Å². The van der Waals surface area contributed by atoms with E-state index in [0.717, 1.165) is 63.4 Å².